The van der Waals surface area contributed by atoms with E-state index in [2.05, 4.69) is 27.2 Å². The van der Waals surface area contributed by atoms with E-state index in [-0.39, 0.29) is 5.70 Å². The van der Waals surface area contributed by atoms with E-state index in [1.165, 1.54) is 12.1 Å². The number of benzene rings is 2. The molecule has 3 N–H and O–H groups in total. The van der Waals surface area contributed by atoms with Crippen molar-refractivity contribution >= 4 is 40.8 Å². The van der Waals surface area contributed by atoms with Crippen molar-refractivity contribution in [3.8, 4) is 11.1 Å². The maximum absolute atomic E-state index is 14.2. The second-order valence-corrected chi connectivity index (χ2v) is 5.78. The molecule has 1 heterocycles. The standard InChI is InChI=1S/C18H14ClFN4O2/c1-21-16(8-17(26)22-9-25)18-13-6-10(2-5-15(13)23-24-18)12-4-3-11(19)7-14(12)20/h2-8,25H,1,9H2,(H,22,26)(H,23,24)/b16-8-. The van der Waals surface area contributed by atoms with Gasteiger partial charge in [-0.25, -0.2) is 4.39 Å². The Kier molecular flexibility index (Phi) is 5.11. The predicted molar refractivity (Wildman–Crippen MR) is 99.3 cm³/mol. The van der Waals surface area contributed by atoms with E-state index in [0.717, 1.165) is 0 Å². The molecule has 6 nitrogen and oxygen atoms in total. The zero-order chi connectivity index (χ0) is 18.7. The number of carbonyl (C=O) groups excluding carboxylic acids is 1. The van der Waals surface area contributed by atoms with Gasteiger partial charge < -0.3 is 10.4 Å². The van der Waals surface area contributed by atoms with Crippen molar-refractivity contribution in [2.75, 3.05) is 6.73 Å². The summed E-state index contributed by atoms with van der Waals surface area (Å²) in [6.45, 7) is 2.95. The number of aliphatic hydroxyl groups is 1. The molecule has 3 aromatic rings. The Labute approximate surface area is 153 Å². The van der Waals surface area contributed by atoms with Crippen LogP contribution in [0.4, 0.5) is 4.39 Å². The van der Waals surface area contributed by atoms with Crippen LogP contribution < -0.4 is 5.32 Å². The molecule has 2 aromatic carbocycles. The molecule has 0 aliphatic rings. The number of hydrogen-bond donors (Lipinski definition) is 3. The molecular weight excluding hydrogens is 359 g/mol. The van der Waals surface area contributed by atoms with Gasteiger partial charge in [0.05, 0.1) is 11.2 Å². The summed E-state index contributed by atoms with van der Waals surface area (Å²) in [6.07, 6.45) is 1.17. The Morgan fingerprint density at radius 2 is 2.19 bits per heavy atom. The van der Waals surface area contributed by atoms with Crippen LogP contribution in [0.25, 0.3) is 27.7 Å². The number of aliphatic hydroxyl groups excluding tert-OH is 1. The number of rotatable bonds is 5. The number of carbonyl (C=O) groups is 1. The van der Waals surface area contributed by atoms with E-state index in [4.69, 9.17) is 16.7 Å². The summed E-state index contributed by atoms with van der Waals surface area (Å²) in [4.78, 5) is 15.5. The molecule has 0 bridgehead atoms. The lowest BCUT2D eigenvalue weighted by molar-refractivity contribution is -0.117. The van der Waals surface area contributed by atoms with Gasteiger partial charge in [0.2, 0.25) is 5.91 Å². The lowest BCUT2D eigenvalue weighted by Crippen LogP contribution is -2.21. The average Bonchev–Trinajstić information content (AvgIpc) is 3.03. The van der Waals surface area contributed by atoms with Crippen LogP contribution in [0.5, 0.6) is 0 Å². The van der Waals surface area contributed by atoms with Crippen LogP contribution in [-0.2, 0) is 4.79 Å². The number of amides is 1. The topological polar surface area (TPSA) is 90.4 Å². The summed E-state index contributed by atoms with van der Waals surface area (Å²) < 4.78 is 14.2. The number of halogens is 2. The maximum atomic E-state index is 14.2. The summed E-state index contributed by atoms with van der Waals surface area (Å²) in [5.41, 5.74) is 2.31. The van der Waals surface area contributed by atoms with Crippen LogP contribution in [0.3, 0.4) is 0 Å². The van der Waals surface area contributed by atoms with E-state index in [0.29, 0.717) is 32.7 Å². The molecule has 0 radical (unpaired) electrons. The normalized spacial score (nSPS) is 11.6. The van der Waals surface area contributed by atoms with E-state index in [9.17, 15) is 9.18 Å². The third-order valence-electron chi connectivity index (χ3n) is 3.74. The largest absolute Gasteiger partial charge is 0.376 e. The molecule has 0 unspecified atom stereocenters. The first kappa shape index (κ1) is 17.8. The van der Waals surface area contributed by atoms with Gasteiger partial charge in [-0.3, -0.25) is 14.9 Å². The molecule has 0 aliphatic heterocycles. The van der Waals surface area contributed by atoms with Crippen LogP contribution in [0.15, 0.2) is 47.5 Å². The van der Waals surface area contributed by atoms with Crippen LogP contribution in [-0.4, -0.2) is 34.7 Å². The fraction of sp³-hybridized carbons (Fsp3) is 0.0556. The summed E-state index contributed by atoms with van der Waals surface area (Å²) in [6, 6.07) is 9.69. The summed E-state index contributed by atoms with van der Waals surface area (Å²) >= 11 is 5.80. The number of aromatic nitrogens is 2. The Bertz CT molecular complexity index is 1030. The first-order valence-corrected chi connectivity index (χ1v) is 7.92. The summed E-state index contributed by atoms with van der Waals surface area (Å²) in [7, 11) is 0. The van der Waals surface area contributed by atoms with Gasteiger partial charge in [0, 0.05) is 22.0 Å². The number of H-pyrrole nitrogens is 1. The van der Waals surface area contributed by atoms with Gasteiger partial charge in [-0.05, 0) is 42.6 Å². The fourth-order valence-electron chi connectivity index (χ4n) is 2.54. The van der Waals surface area contributed by atoms with Crippen molar-refractivity contribution in [1.82, 2.24) is 15.5 Å². The van der Waals surface area contributed by atoms with E-state index in [1.807, 2.05) is 0 Å². The number of nitrogens with zero attached hydrogens (tertiary/aromatic N) is 2. The minimum absolute atomic E-state index is 0.218. The van der Waals surface area contributed by atoms with E-state index in [1.54, 1.807) is 30.3 Å². The van der Waals surface area contributed by atoms with Crippen molar-refractivity contribution in [2.45, 2.75) is 0 Å². The van der Waals surface area contributed by atoms with Crippen molar-refractivity contribution < 1.29 is 14.3 Å². The van der Waals surface area contributed by atoms with Crippen LogP contribution in [0.1, 0.15) is 5.69 Å². The summed E-state index contributed by atoms with van der Waals surface area (Å²) in [5, 5.41) is 18.9. The molecule has 0 saturated heterocycles. The first-order valence-electron chi connectivity index (χ1n) is 7.54. The maximum Gasteiger partial charge on any atom is 0.247 e. The number of aromatic amines is 1. The van der Waals surface area contributed by atoms with Crippen LogP contribution in [0, 0.1) is 5.82 Å². The Morgan fingerprint density at radius 3 is 2.88 bits per heavy atom. The van der Waals surface area contributed by atoms with Gasteiger partial charge >= 0.3 is 0 Å². The molecule has 0 aliphatic carbocycles. The van der Waals surface area contributed by atoms with Gasteiger partial charge in [-0.1, -0.05) is 17.7 Å². The Morgan fingerprint density at radius 1 is 1.38 bits per heavy atom. The lowest BCUT2D eigenvalue weighted by Gasteiger charge is -2.05. The van der Waals surface area contributed by atoms with Gasteiger partial charge in [0.1, 0.15) is 18.2 Å². The summed E-state index contributed by atoms with van der Waals surface area (Å²) in [5.74, 6) is -0.979. The molecule has 1 aromatic heterocycles. The Balaban J connectivity index is 2.11. The average molecular weight is 373 g/mol. The minimum atomic E-state index is -0.536. The predicted octanol–water partition coefficient (Wildman–Crippen LogP) is 3.13. The molecule has 0 atom stereocenters. The van der Waals surface area contributed by atoms with Gasteiger partial charge in [-0.15, -0.1) is 0 Å². The molecule has 3 rings (SSSR count). The highest BCUT2D eigenvalue weighted by Gasteiger charge is 2.14. The number of aliphatic imine (C=N–C) groups is 1. The van der Waals surface area contributed by atoms with E-state index >= 15 is 0 Å². The highest BCUT2D eigenvalue weighted by atomic mass is 35.5. The SMILES string of the molecule is C=N/C(=C\C(=O)NCO)c1n[nH]c2ccc(-c3ccc(Cl)cc3F)cc12. The highest BCUT2D eigenvalue weighted by Crippen LogP contribution is 2.31. The van der Waals surface area contributed by atoms with Crippen molar-refractivity contribution in [3.63, 3.8) is 0 Å². The fourth-order valence-corrected chi connectivity index (χ4v) is 2.70. The van der Waals surface area contributed by atoms with Crippen molar-refractivity contribution in [1.29, 1.82) is 0 Å². The second-order valence-electron chi connectivity index (χ2n) is 5.34. The lowest BCUT2D eigenvalue weighted by atomic mass is 10.0. The molecular formula is C18H14ClFN4O2. The smallest absolute Gasteiger partial charge is 0.247 e. The quantitative estimate of drug-likeness (QED) is 0.365. The zero-order valence-electron chi connectivity index (χ0n) is 13.5. The third-order valence-corrected chi connectivity index (χ3v) is 3.97. The molecule has 0 saturated carbocycles. The van der Waals surface area contributed by atoms with Crippen molar-refractivity contribution in [2.24, 2.45) is 4.99 Å². The van der Waals surface area contributed by atoms with E-state index < -0.39 is 18.5 Å². The molecule has 132 valence electrons. The van der Waals surface area contributed by atoms with Crippen LogP contribution in [0.2, 0.25) is 5.02 Å². The highest BCUT2D eigenvalue weighted by molar-refractivity contribution is 6.30. The molecule has 8 heteroatoms. The molecule has 26 heavy (non-hydrogen) atoms. The number of hydrogen-bond acceptors (Lipinski definition) is 4. The molecule has 0 fully saturated rings. The Hall–Kier alpha value is -3.03. The minimum Gasteiger partial charge on any atom is -0.376 e. The third kappa shape index (κ3) is 3.49. The number of fused-ring (bicyclic) bond motifs is 1. The van der Waals surface area contributed by atoms with Crippen LogP contribution >= 0.6 is 11.6 Å². The monoisotopic (exact) mass is 372 g/mol. The zero-order valence-corrected chi connectivity index (χ0v) is 14.2. The first-order chi connectivity index (χ1) is 12.5. The van der Waals surface area contributed by atoms with Crippen molar-refractivity contribution in [3.05, 3.63) is 59.0 Å². The van der Waals surface area contributed by atoms with Gasteiger partial charge in [0.15, 0.2) is 0 Å². The molecule has 0 spiro atoms. The van der Waals surface area contributed by atoms with Gasteiger partial charge in [-0.2, -0.15) is 5.10 Å². The molecule has 1 amide bonds. The number of nitrogens with one attached hydrogen (secondary N) is 2. The second kappa shape index (κ2) is 7.47. The van der Waals surface area contributed by atoms with Gasteiger partial charge in [0.25, 0.3) is 0 Å².